The molecule has 1 amide bonds. The Morgan fingerprint density at radius 3 is 3.00 bits per heavy atom. The molecule has 0 saturated heterocycles. The predicted octanol–water partition coefficient (Wildman–Crippen LogP) is 3.16. The number of rotatable bonds is 6. The van der Waals surface area contributed by atoms with Crippen molar-refractivity contribution in [3.05, 3.63) is 59.3 Å². The summed E-state index contributed by atoms with van der Waals surface area (Å²) in [5, 5.41) is 12.0. The van der Waals surface area contributed by atoms with Crippen molar-refractivity contribution in [3.63, 3.8) is 0 Å². The predicted molar refractivity (Wildman–Crippen MR) is 93.9 cm³/mol. The van der Waals surface area contributed by atoms with Gasteiger partial charge >= 0.3 is 0 Å². The summed E-state index contributed by atoms with van der Waals surface area (Å²) in [6.07, 6.45) is 2.54. The maximum Gasteiger partial charge on any atom is 0.224 e. The molecule has 5 nitrogen and oxygen atoms in total. The third-order valence-electron chi connectivity index (χ3n) is 4.22. The van der Waals surface area contributed by atoms with Gasteiger partial charge in [0.05, 0.1) is 17.7 Å². The molecule has 0 radical (unpaired) electrons. The molecule has 5 heteroatoms. The molecule has 25 heavy (non-hydrogen) atoms. The van der Waals surface area contributed by atoms with Gasteiger partial charge in [-0.3, -0.25) is 4.79 Å². The Hall–Kier alpha value is -2.87. The number of carbonyl (C=O) groups is 1. The van der Waals surface area contributed by atoms with E-state index in [1.165, 1.54) is 0 Å². The summed E-state index contributed by atoms with van der Waals surface area (Å²) in [7, 11) is 0. The summed E-state index contributed by atoms with van der Waals surface area (Å²) in [6.45, 7) is 4.29. The van der Waals surface area contributed by atoms with Crippen LogP contribution in [-0.2, 0) is 11.3 Å². The lowest BCUT2D eigenvalue weighted by molar-refractivity contribution is -0.122. The van der Waals surface area contributed by atoms with E-state index >= 15 is 0 Å². The normalized spacial score (nSPS) is 18.5. The second kappa shape index (κ2) is 7.35. The average Bonchev–Trinajstić information content (AvgIpc) is 3.41. The first-order chi connectivity index (χ1) is 12.1. The molecule has 0 aliphatic heterocycles. The molecule has 1 fully saturated rings. The zero-order chi connectivity index (χ0) is 17.8. The topological polar surface area (TPSA) is 75.0 Å². The Kier molecular flexibility index (Phi) is 4.99. The molecule has 128 valence electrons. The molecule has 2 unspecified atom stereocenters. The first-order valence-electron chi connectivity index (χ1n) is 8.47. The highest BCUT2D eigenvalue weighted by atomic mass is 16.5. The maximum absolute atomic E-state index is 12.4. The van der Waals surface area contributed by atoms with Crippen LogP contribution in [0.15, 0.2) is 42.6 Å². The number of ether oxygens (including phenoxy) is 1. The number of aromatic nitrogens is 1. The molecule has 2 aromatic rings. The van der Waals surface area contributed by atoms with E-state index in [-0.39, 0.29) is 23.8 Å². The zero-order valence-corrected chi connectivity index (χ0v) is 14.4. The first-order valence-corrected chi connectivity index (χ1v) is 8.47. The van der Waals surface area contributed by atoms with Crippen molar-refractivity contribution in [1.82, 2.24) is 10.3 Å². The molecule has 1 aliphatic rings. The second-order valence-electron chi connectivity index (χ2n) is 6.54. The fourth-order valence-electron chi connectivity index (χ4n) is 2.89. The smallest absolute Gasteiger partial charge is 0.224 e. The van der Waals surface area contributed by atoms with Gasteiger partial charge in [0.15, 0.2) is 0 Å². The number of pyridine rings is 1. The summed E-state index contributed by atoms with van der Waals surface area (Å²) in [6, 6.07) is 13.4. The molecule has 1 saturated carbocycles. The van der Waals surface area contributed by atoms with E-state index in [9.17, 15) is 4.79 Å². The zero-order valence-electron chi connectivity index (χ0n) is 14.4. The van der Waals surface area contributed by atoms with Gasteiger partial charge in [-0.05, 0) is 49.9 Å². The second-order valence-corrected chi connectivity index (χ2v) is 6.54. The Bertz CT molecular complexity index is 811. The number of nitriles is 1. The van der Waals surface area contributed by atoms with Gasteiger partial charge < -0.3 is 10.1 Å². The van der Waals surface area contributed by atoms with E-state index in [1.54, 1.807) is 12.3 Å². The van der Waals surface area contributed by atoms with E-state index in [0.29, 0.717) is 18.0 Å². The van der Waals surface area contributed by atoms with Crippen molar-refractivity contribution in [2.75, 3.05) is 0 Å². The molecule has 2 atom stereocenters. The lowest BCUT2D eigenvalue weighted by Gasteiger charge is -2.13. The maximum atomic E-state index is 12.4. The van der Waals surface area contributed by atoms with Crippen molar-refractivity contribution in [2.45, 2.75) is 38.8 Å². The van der Waals surface area contributed by atoms with E-state index in [2.05, 4.69) is 16.4 Å². The van der Waals surface area contributed by atoms with Crippen LogP contribution in [0.4, 0.5) is 0 Å². The minimum Gasteiger partial charge on any atom is -0.475 e. The quantitative estimate of drug-likeness (QED) is 0.880. The molecule has 1 N–H and O–H groups in total. The third-order valence-corrected chi connectivity index (χ3v) is 4.22. The Morgan fingerprint density at radius 1 is 1.40 bits per heavy atom. The molecule has 0 spiro atoms. The van der Waals surface area contributed by atoms with Gasteiger partial charge in [-0.15, -0.1) is 0 Å². The van der Waals surface area contributed by atoms with Gasteiger partial charge in [0, 0.05) is 24.2 Å². The van der Waals surface area contributed by atoms with Gasteiger partial charge in [0.1, 0.15) is 0 Å². The van der Waals surface area contributed by atoms with Gasteiger partial charge in [0.2, 0.25) is 11.8 Å². The standard InChI is InChI=1S/C20H21N3O2/c1-13(2)25-20-16(7-4-8-22-20)12-23-19(24)18-10-17(18)15-6-3-5-14(9-15)11-21/h3-9,13,17-18H,10,12H2,1-2H3,(H,23,24). The average molecular weight is 335 g/mol. The number of carbonyl (C=O) groups excluding carboxylic acids is 1. The highest BCUT2D eigenvalue weighted by Crippen LogP contribution is 2.47. The van der Waals surface area contributed by atoms with Gasteiger partial charge in [0.25, 0.3) is 0 Å². The van der Waals surface area contributed by atoms with Crippen LogP contribution in [0.5, 0.6) is 5.88 Å². The number of nitrogens with one attached hydrogen (secondary N) is 1. The molecular formula is C20H21N3O2. The summed E-state index contributed by atoms with van der Waals surface area (Å²) in [5.41, 5.74) is 2.56. The molecule has 1 aromatic heterocycles. The molecular weight excluding hydrogens is 314 g/mol. The summed E-state index contributed by atoms with van der Waals surface area (Å²) >= 11 is 0. The van der Waals surface area contributed by atoms with Gasteiger partial charge in [-0.25, -0.2) is 4.98 Å². The molecule has 1 aliphatic carbocycles. The van der Waals surface area contributed by atoms with Crippen LogP contribution in [0.1, 0.15) is 42.9 Å². The van der Waals surface area contributed by atoms with Crippen LogP contribution < -0.4 is 10.1 Å². The van der Waals surface area contributed by atoms with E-state index in [4.69, 9.17) is 10.00 Å². The Labute approximate surface area is 147 Å². The molecule has 1 heterocycles. The fraction of sp³-hybridized carbons (Fsp3) is 0.350. The van der Waals surface area contributed by atoms with Crippen molar-refractivity contribution in [2.24, 2.45) is 5.92 Å². The van der Waals surface area contributed by atoms with Crippen LogP contribution >= 0.6 is 0 Å². The van der Waals surface area contributed by atoms with Crippen LogP contribution in [0.3, 0.4) is 0 Å². The SMILES string of the molecule is CC(C)Oc1ncccc1CNC(=O)C1CC1c1cccc(C#N)c1. The van der Waals surface area contributed by atoms with Crippen molar-refractivity contribution in [3.8, 4) is 11.9 Å². The number of hydrogen-bond acceptors (Lipinski definition) is 4. The van der Waals surface area contributed by atoms with Crippen molar-refractivity contribution >= 4 is 5.91 Å². The van der Waals surface area contributed by atoms with Crippen LogP contribution in [0, 0.1) is 17.2 Å². The fourth-order valence-corrected chi connectivity index (χ4v) is 2.89. The minimum atomic E-state index is -0.0277. The first kappa shape index (κ1) is 17.0. The van der Waals surface area contributed by atoms with Crippen LogP contribution in [-0.4, -0.2) is 17.0 Å². The van der Waals surface area contributed by atoms with Gasteiger partial charge in [-0.2, -0.15) is 5.26 Å². The highest BCUT2D eigenvalue weighted by molar-refractivity contribution is 5.83. The lowest BCUT2D eigenvalue weighted by Crippen LogP contribution is -2.25. The summed E-state index contributed by atoms with van der Waals surface area (Å²) in [4.78, 5) is 16.6. The summed E-state index contributed by atoms with van der Waals surface area (Å²) < 4.78 is 5.68. The lowest BCUT2D eigenvalue weighted by atomic mass is 10.1. The van der Waals surface area contributed by atoms with Crippen LogP contribution in [0.25, 0.3) is 0 Å². The van der Waals surface area contributed by atoms with E-state index < -0.39 is 0 Å². The van der Waals surface area contributed by atoms with E-state index in [0.717, 1.165) is 17.5 Å². The van der Waals surface area contributed by atoms with Gasteiger partial charge in [-0.1, -0.05) is 18.2 Å². The number of amides is 1. The number of benzene rings is 1. The molecule has 3 rings (SSSR count). The highest BCUT2D eigenvalue weighted by Gasteiger charge is 2.43. The molecule has 1 aromatic carbocycles. The molecule has 0 bridgehead atoms. The van der Waals surface area contributed by atoms with Crippen molar-refractivity contribution in [1.29, 1.82) is 5.26 Å². The van der Waals surface area contributed by atoms with E-state index in [1.807, 2.05) is 44.2 Å². The third kappa shape index (κ3) is 4.16. The summed E-state index contributed by atoms with van der Waals surface area (Å²) in [5.74, 6) is 0.771. The Balaban J connectivity index is 1.59. The minimum absolute atomic E-state index is 0.0277. The van der Waals surface area contributed by atoms with Crippen LogP contribution in [0.2, 0.25) is 0 Å². The Morgan fingerprint density at radius 2 is 2.24 bits per heavy atom. The number of nitrogens with zero attached hydrogens (tertiary/aromatic N) is 2. The monoisotopic (exact) mass is 335 g/mol. The largest absolute Gasteiger partial charge is 0.475 e. The number of hydrogen-bond donors (Lipinski definition) is 1. The van der Waals surface area contributed by atoms with Crippen molar-refractivity contribution < 1.29 is 9.53 Å².